The van der Waals surface area contributed by atoms with Crippen molar-refractivity contribution >= 4 is 41.8 Å². The van der Waals surface area contributed by atoms with Crippen LogP contribution in [-0.2, 0) is 7.05 Å². The van der Waals surface area contributed by atoms with Crippen LogP contribution in [0.5, 0.6) is 0 Å². The SMILES string of the molecule is CNC1CCCN(C(=O)c2cc(-c3ccccc3)nc3c2c(C)nn3C)C1.Cl.Cl. The maximum Gasteiger partial charge on any atom is 0.254 e. The molecule has 0 aliphatic carbocycles. The molecule has 1 N–H and O–H groups in total. The van der Waals surface area contributed by atoms with Gasteiger partial charge in [-0.1, -0.05) is 30.3 Å². The number of amides is 1. The first-order valence-corrected chi connectivity index (χ1v) is 9.45. The van der Waals surface area contributed by atoms with Gasteiger partial charge in [0.2, 0.25) is 0 Å². The lowest BCUT2D eigenvalue weighted by Crippen LogP contribution is -2.47. The van der Waals surface area contributed by atoms with Gasteiger partial charge >= 0.3 is 0 Å². The number of halogens is 2. The van der Waals surface area contributed by atoms with E-state index in [4.69, 9.17) is 4.98 Å². The Morgan fingerprint density at radius 3 is 2.62 bits per heavy atom. The van der Waals surface area contributed by atoms with E-state index >= 15 is 0 Å². The van der Waals surface area contributed by atoms with Crippen molar-refractivity contribution in [3.8, 4) is 11.3 Å². The van der Waals surface area contributed by atoms with Crippen molar-refractivity contribution in [2.45, 2.75) is 25.8 Å². The molecule has 1 atom stereocenters. The standard InChI is InChI=1S/C21H25N5O.2ClH/c1-14-19-17(21(27)26-11-7-10-16(13-26)22-2)12-18(15-8-5-4-6-9-15)23-20(19)25(3)24-14;;/h4-6,8-9,12,16,22H,7,10-11,13H2,1-3H3;2*1H. The van der Waals surface area contributed by atoms with E-state index in [2.05, 4.69) is 10.4 Å². The highest BCUT2D eigenvalue weighted by atomic mass is 35.5. The number of aromatic nitrogens is 3. The first-order chi connectivity index (χ1) is 13.1. The second-order valence-corrected chi connectivity index (χ2v) is 7.21. The van der Waals surface area contributed by atoms with Gasteiger partial charge in [-0.15, -0.1) is 24.8 Å². The van der Waals surface area contributed by atoms with Crippen molar-refractivity contribution in [1.82, 2.24) is 25.0 Å². The van der Waals surface area contributed by atoms with Crippen LogP contribution in [0.1, 0.15) is 28.9 Å². The van der Waals surface area contributed by atoms with Gasteiger partial charge in [-0.3, -0.25) is 9.48 Å². The second-order valence-electron chi connectivity index (χ2n) is 7.21. The fraction of sp³-hybridized carbons (Fsp3) is 0.381. The number of nitrogens with one attached hydrogen (secondary N) is 1. The molecule has 156 valence electrons. The van der Waals surface area contributed by atoms with Gasteiger partial charge in [0.25, 0.3) is 5.91 Å². The molecule has 1 fully saturated rings. The third-order valence-electron chi connectivity index (χ3n) is 5.39. The van der Waals surface area contributed by atoms with Crippen LogP contribution in [0.15, 0.2) is 36.4 Å². The van der Waals surface area contributed by atoms with E-state index in [0.717, 1.165) is 53.9 Å². The van der Waals surface area contributed by atoms with Crippen LogP contribution >= 0.6 is 24.8 Å². The van der Waals surface area contributed by atoms with Crippen LogP contribution < -0.4 is 5.32 Å². The second kappa shape index (κ2) is 9.57. The monoisotopic (exact) mass is 435 g/mol. The van der Waals surface area contributed by atoms with Crippen LogP contribution in [-0.4, -0.2) is 51.8 Å². The van der Waals surface area contributed by atoms with Gasteiger partial charge in [0.05, 0.1) is 22.3 Å². The molecule has 3 heterocycles. The van der Waals surface area contributed by atoms with Crippen LogP contribution in [0.2, 0.25) is 0 Å². The maximum absolute atomic E-state index is 13.5. The van der Waals surface area contributed by atoms with Gasteiger partial charge in [-0.05, 0) is 32.9 Å². The summed E-state index contributed by atoms with van der Waals surface area (Å²) in [6.45, 7) is 3.47. The molecule has 0 radical (unpaired) electrons. The number of likely N-dealkylation sites (tertiary alicyclic amines) is 1. The summed E-state index contributed by atoms with van der Waals surface area (Å²) in [5.74, 6) is 0.0654. The Hall–Kier alpha value is -2.15. The van der Waals surface area contributed by atoms with Crippen molar-refractivity contribution in [3.63, 3.8) is 0 Å². The summed E-state index contributed by atoms with van der Waals surface area (Å²) >= 11 is 0. The average Bonchev–Trinajstić information content (AvgIpc) is 3.01. The van der Waals surface area contributed by atoms with Crippen molar-refractivity contribution in [1.29, 1.82) is 0 Å². The molecule has 8 heteroatoms. The highest BCUT2D eigenvalue weighted by Gasteiger charge is 2.27. The number of carbonyl (C=O) groups excluding carboxylic acids is 1. The summed E-state index contributed by atoms with van der Waals surface area (Å²) < 4.78 is 1.76. The number of aryl methyl sites for hydroxylation is 2. The van der Waals surface area contributed by atoms with E-state index in [0.29, 0.717) is 11.6 Å². The normalized spacial score (nSPS) is 16.2. The largest absolute Gasteiger partial charge is 0.337 e. The van der Waals surface area contributed by atoms with Gasteiger partial charge in [-0.2, -0.15) is 5.10 Å². The Morgan fingerprint density at radius 2 is 1.93 bits per heavy atom. The van der Waals surface area contributed by atoms with Gasteiger partial charge in [0.15, 0.2) is 5.65 Å². The van der Waals surface area contributed by atoms with E-state index in [1.807, 2.05) is 62.3 Å². The first kappa shape index (κ1) is 23.1. The minimum atomic E-state index is 0. The molecule has 1 amide bonds. The number of nitrogens with zero attached hydrogens (tertiary/aromatic N) is 4. The van der Waals surface area contributed by atoms with Gasteiger partial charge in [0.1, 0.15) is 0 Å². The van der Waals surface area contributed by atoms with E-state index < -0.39 is 0 Å². The molecule has 1 saturated heterocycles. The Morgan fingerprint density at radius 1 is 1.21 bits per heavy atom. The zero-order chi connectivity index (χ0) is 19.0. The van der Waals surface area contributed by atoms with E-state index in [1.165, 1.54) is 0 Å². The average molecular weight is 436 g/mol. The highest BCUT2D eigenvalue weighted by molar-refractivity contribution is 6.07. The number of carbonyl (C=O) groups is 1. The molecule has 0 saturated carbocycles. The molecule has 1 aromatic carbocycles. The highest BCUT2D eigenvalue weighted by Crippen LogP contribution is 2.28. The Balaban J connectivity index is 0.00000150. The fourth-order valence-corrected chi connectivity index (χ4v) is 3.94. The van der Waals surface area contributed by atoms with Crippen molar-refractivity contribution < 1.29 is 4.79 Å². The predicted octanol–water partition coefficient (Wildman–Crippen LogP) is 3.61. The molecule has 1 aliphatic rings. The van der Waals surface area contributed by atoms with Gasteiger partial charge < -0.3 is 10.2 Å². The summed E-state index contributed by atoms with van der Waals surface area (Å²) in [5, 5.41) is 8.68. The minimum absolute atomic E-state index is 0. The first-order valence-electron chi connectivity index (χ1n) is 9.45. The number of benzene rings is 1. The molecule has 1 aliphatic heterocycles. The smallest absolute Gasteiger partial charge is 0.254 e. The summed E-state index contributed by atoms with van der Waals surface area (Å²) in [6, 6.07) is 12.3. The van der Waals surface area contributed by atoms with Crippen molar-refractivity contribution in [3.05, 3.63) is 47.7 Å². The molecule has 0 bridgehead atoms. The van der Waals surface area contributed by atoms with Crippen molar-refractivity contribution in [2.75, 3.05) is 20.1 Å². The topological polar surface area (TPSA) is 63.1 Å². The Bertz CT molecular complexity index is 990. The molecular weight excluding hydrogens is 409 g/mol. The lowest BCUT2D eigenvalue weighted by atomic mass is 10.0. The molecule has 0 spiro atoms. The maximum atomic E-state index is 13.5. The summed E-state index contributed by atoms with van der Waals surface area (Å²) in [7, 11) is 3.84. The molecule has 4 rings (SSSR count). The number of hydrogen-bond acceptors (Lipinski definition) is 4. The van der Waals surface area contributed by atoms with E-state index in [1.54, 1.807) is 4.68 Å². The van der Waals surface area contributed by atoms with Gasteiger partial charge in [-0.25, -0.2) is 4.98 Å². The predicted molar refractivity (Wildman–Crippen MR) is 121 cm³/mol. The third-order valence-corrected chi connectivity index (χ3v) is 5.39. The lowest BCUT2D eigenvalue weighted by Gasteiger charge is -2.32. The Kier molecular flexibility index (Phi) is 7.63. The quantitative estimate of drug-likeness (QED) is 0.682. The van der Waals surface area contributed by atoms with Crippen LogP contribution in [0, 0.1) is 6.92 Å². The number of rotatable bonds is 3. The zero-order valence-corrected chi connectivity index (χ0v) is 18.5. The molecule has 3 aromatic rings. The zero-order valence-electron chi connectivity index (χ0n) is 16.9. The Labute approximate surface area is 183 Å². The molecule has 2 aromatic heterocycles. The summed E-state index contributed by atoms with van der Waals surface area (Å²) in [6.07, 6.45) is 2.12. The van der Waals surface area contributed by atoms with Crippen molar-refractivity contribution in [2.24, 2.45) is 7.05 Å². The number of hydrogen-bond donors (Lipinski definition) is 1. The minimum Gasteiger partial charge on any atom is -0.337 e. The van der Waals surface area contributed by atoms with Crippen LogP contribution in [0.3, 0.4) is 0 Å². The van der Waals surface area contributed by atoms with E-state index in [-0.39, 0.29) is 30.7 Å². The lowest BCUT2D eigenvalue weighted by molar-refractivity contribution is 0.0700. The molecule has 6 nitrogen and oxygen atoms in total. The molecular formula is C21H27Cl2N5O. The van der Waals surface area contributed by atoms with Crippen LogP contribution in [0.25, 0.3) is 22.3 Å². The number of pyridine rings is 1. The molecule has 29 heavy (non-hydrogen) atoms. The summed E-state index contributed by atoms with van der Waals surface area (Å²) in [4.78, 5) is 20.2. The van der Waals surface area contributed by atoms with E-state index in [9.17, 15) is 4.79 Å². The number of fused-ring (bicyclic) bond motifs is 1. The molecule has 1 unspecified atom stereocenters. The number of piperidine rings is 1. The van der Waals surface area contributed by atoms with Crippen LogP contribution in [0.4, 0.5) is 0 Å². The number of likely N-dealkylation sites (N-methyl/N-ethyl adjacent to an activating group) is 1. The fourth-order valence-electron chi connectivity index (χ4n) is 3.94. The third kappa shape index (κ3) is 4.39. The summed E-state index contributed by atoms with van der Waals surface area (Å²) in [5.41, 5.74) is 4.08. The van der Waals surface area contributed by atoms with Gasteiger partial charge in [0, 0.05) is 31.7 Å².